The number of methoxy groups -OCH3 is 3. The van der Waals surface area contributed by atoms with E-state index < -0.39 is 12.0 Å². The highest BCUT2D eigenvalue weighted by atomic mass is 32.2. The van der Waals surface area contributed by atoms with Gasteiger partial charge >= 0.3 is 5.97 Å². The van der Waals surface area contributed by atoms with Gasteiger partial charge in [0.25, 0.3) is 5.56 Å². The molecule has 4 heterocycles. The molecule has 3 aromatic carbocycles. The molecule has 7 rings (SSSR count). The van der Waals surface area contributed by atoms with Crippen molar-refractivity contribution in [3.63, 3.8) is 0 Å². The quantitative estimate of drug-likeness (QED) is 0.151. The van der Waals surface area contributed by atoms with E-state index >= 15 is 0 Å². The fourth-order valence-electron chi connectivity index (χ4n) is 5.59. The molecule has 0 fully saturated rings. The number of carbonyl (C=O) groups excluding carboxylic acids is 1. The number of esters is 1. The van der Waals surface area contributed by atoms with Crippen LogP contribution in [0.4, 0.5) is 0 Å². The summed E-state index contributed by atoms with van der Waals surface area (Å²) in [5.74, 6) is 1.01. The van der Waals surface area contributed by atoms with Crippen LogP contribution in [-0.4, -0.2) is 43.5 Å². The first-order valence-electron chi connectivity index (χ1n) is 15.1. The number of rotatable bonds is 10. The highest BCUT2D eigenvalue weighted by Gasteiger charge is 2.36. The van der Waals surface area contributed by atoms with Crippen LogP contribution in [0, 0.1) is 0 Å². The maximum Gasteiger partial charge on any atom is 0.338 e. The molecule has 3 aromatic heterocycles. The van der Waals surface area contributed by atoms with Gasteiger partial charge in [-0.3, -0.25) is 9.36 Å². The summed E-state index contributed by atoms with van der Waals surface area (Å²) in [6, 6.07) is 23.5. The second kappa shape index (κ2) is 13.8. The minimum absolute atomic E-state index is 0.132. The molecule has 1 aliphatic heterocycles. The van der Waals surface area contributed by atoms with E-state index in [0.717, 1.165) is 14.6 Å². The Labute approximate surface area is 292 Å². The van der Waals surface area contributed by atoms with Crippen molar-refractivity contribution in [3.05, 3.63) is 121 Å². The number of hydrogen-bond donors (Lipinski definition) is 0. The maximum atomic E-state index is 14.4. The fraction of sp³-hybridized carbons (Fsp3) is 0.167. The second-order valence-electron chi connectivity index (χ2n) is 10.6. The number of para-hydroxylation sites is 1. The maximum absolute atomic E-state index is 14.4. The number of fused-ring (bicyclic) bond motifs is 2. The number of nitrogens with zero attached hydrogens (tertiary/aromatic N) is 3. The Kier molecular flexibility index (Phi) is 9.13. The third kappa shape index (κ3) is 6.16. The first-order chi connectivity index (χ1) is 23.9. The molecule has 0 unspecified atom stereocenters. The molecule has 49 heavy (non-hydrogen) atoms. The summed E-state index contributed by atoms with van der Waals surface area (Å²) < 4.78 is 32.4. The summed E-state index contributed by atoms with van der Waals surface area (Å²) in [6.07, 6.45) is 1.69. The van der Waals surface area contributed by atoms with E-state index in [2.05, 4.69) is 4.98 Å². The van der Waals surface area contributed by atoms with Crippen LogP contribution in [0.25, 0.3) is 22.0 Å². The van der Waals surface area contributed by atoms with Gasteiger partial charge in [-0.1, -0.05) is 53.8 Å². The van der Waals surface area contributed by atoms with Gasteiger partial charge in [0.15, 0.2) is 25.7 Å². The number of carbonyl (C=O) groups is 1. The molecular formula is C36H29N3O7S3. The summed E-state index contributed by atoms with van der Waals surface area (Å²) >= 11 is 4.21. The molecule has 0 spiro atoms. The third-order valence-corrected chi connectivity index (χ3v) is 10.7. The van der Waals surface area contributed by atoms with E-state index in [1.165, 1.54) is 49.0 Å². The monoisotopic (exact) mass is 711 g/mol. The van der Waals surface area contributed by atoms with Gasteiger partial charge in [0.1, 0.15) is 5.76 Å². The van der Waals surface area contributed by atoms with Crippen molar-refractivity contribution < 1.29 is 28.2 Å². The normalized spacial score (nSPS) is 14.4. The smallest absolute Gasteiger partial charge is 0.338 e. The van der Waals surface area contributed by atoms with E-state index in [1.807, 2.05) is 66.7 Å². The molecule has 0 saturated carbocycles. The Balaban J connectivity index is 1.39. The van der Waals surface area contributed by atoms with Gasteiger partial charge in [-0.15, -0.1) is 11.3 Å². The van der Waals surface area contributed by atoms with Crippen molar-refractivity contribution in [1.82, 2.24) is 9.55 Å². The van der Waals surface area contributed by atoms with Crippen molar-refractivity contribution in [1.29, 1.82) is 0 Å². The molecule has 13 heteroatoms. The van der Waals surface area contributed by atoms with E-state index in [4.69, 9.17) is 28.4 Å². The van der Waals surface area contributed by atoms with Crippen molar-refractivity contribution in [2.24, 2.45) is 4.99 Å². The number of aromatic nitrogens is 2. The van der Waals surface area contributed by atoms with E-state index in [0.29, 0.717) is 54.3 Å². The first kappa shape index (κ1) is 32.4. The van der Waals surface area contributed by atoms with Gasteiger partial charge in [0.2, 0.25) is 5.75 Å². The number of ether oxygens (including phenoxy) is 4. The van der Waals surface area contributed by atoms with Crippen LogP contribution in [0.1, 0.15) is 29.9 Å². The van der Waals surface area contributed by atoms with Crippen LogP contribution in [0.3, 0.4) is 0 Å². The number of furan rings is 1. The summed E-state index contributed by atoms with van der Waals surface area (Å²) in [6.45, 7) is 1.86. The molecule has 6 aromatic rings. The lowest BCUT2D eigenvalue weighted by molar-refractivity contribution is -0.138. The minimum atomic E-state index is -0.942. The van der Waals surface area contributed by atoms with Gasteiger partial charge in [0, 0.05) is 11.6 Å². The highest BCUT2D eigenvalue weighted by molar-refractivity contribution is 8.01. The first-order valence-corrected chi connectivity index (χ1v) is 17.6. The second-order valence-corrected chi connectivity index (χ2v) is 13.9. The molecular weight excluding hydrogens is 683 g/mol. The van der Waals surface area contributed by atoms with Crippen LogP contribution in [0.2, 0.25) is 0 Å². The summed E-state index contributed by atoms with van der Waals surface area (Å²) in [5.41, 5.74) is 2.42. The van der Waals surface area contributed by atoms with Crippen molar-refractivity contribution in [3.8, 4) is 17.2 Å². The number of benzene rings is 3. The lowest BCUT2D eigenvalue weighted by Crippen LogP contribution is -2.40. The molecule has 0 bridgehead atoms. The number of thiazole rings is 2. The highest BCUT2D eigenvalue weighted by Crippen LogP contribution is 2.43. The number of hydrogen-bond acceptors (Lipinski definition) is 12. The average Bonchev–Trinajstić information content (AvgIpc) is 3.84. The Morgan fingerprint density at radius 3 is 2.39 bits per heavy atom. The molecule has 0 radical (unpaired) electrons. The minimum Gasteiger partial charge on any atom is -0.493 e. The van der Waals surface area contributed by atoms with Gasteiger partial charge in [-0.25, -0.2) is 14.8 Å². The summed E-state index contributed by atoms with van der Waals surface area (Å²) in [7, 11) is 4.53. The lowest BCUT2D eigenvalue weighted by Gasteiger charge is -2.27. The molecule has 1 aliphatic rings. The standard InChI is InChI=1S/C36H29N3O7S3/c1-5-45-34(41)29-30(20-11-7-6-8-12-20)38-35-39(31(29)21-17-24(42-2)32(44-4)25(18-21)43-3)33(40)27(47-35)19-22-15-16-28(46-22)49-36-37-23-13-9-10-14-26(23)48-36/h6-19,31H,5H2,1-4H3/b27-19-/t31-/m1/s1. The molecule has 0 N–H and O–H groups in total. The van der Waals surface area contributed by atoms with Crippen LogP contribution in [0.5, 0.6) is 17.2 Å². The summed E-state index contributed by atoms with van der Waals surface area (Å²) in [4.78, 5) is 38.2. The van der Waals surface area contributed by atoms with Crippen molar-refractivity contribution >= 4 is 62.4 Å². The Hall–Kier alpha value is -5.11. The predicted octanol–water partition coefficient (Wildman–Crippen LogP) is 6.32. The predicted molar refractivity (Wildman–Crippen MR) is 190 cm³/mol. The van der Waals surface area contributed by atoms with Crippen molar-refractivity contribution in [2.75, 3.05) is 27.9 Å². The zero-order chi connectivity index (χ0) is 34.1. The zero-order valence-corrected chi connectivity index (χ0v) is 29.2. The zero-order valence-electron chi connectivity index (χ0n) is 26.8. The average molecular weight is 712 g/mol. The Morgan fingerprint density at radius 1 is 0.959 bits per heavy atom. The molecule has 10 nitrogen and oxygen atoms in total. The molecule has 0 amide bonds. The van der Waals surface area contributed by atoms with Crippen LogP contribution in [-0.2, 0) is 9.53 Å². The van der Waals surface area contributed by atoms with E-state index in [-0.39, 0.29) is 17.7 Å². The lowest BCUT2D eigenvalue weighted by atomic mass is 9.92. The van der Waals surface area contributed by atoms with Gasteiger partial charge in [-0.05, 0) is 60.6 Å². The van der Waals surface area contributed by atoms with Crippen molar-refractivity contribution in [2.45, 2.75) is 22.4 Å². The van der Waals surface area contributed by atoms with Crippen LogP contribution >= 0.6 is 34.4 Å². The topological polar surface area (TPSA) is 114 Å². The largest absolute Gasteiger partial charge is 0.493 e. The Morgan fingerprint density at radius 2 is 1.69 bits per heavy atom. The van der Waals surface area contributed by atoms with E-state index in [1.54, 1.807) is 36.5 Å². The molecule has 0 aliphatic carbocycles. The molecule has 0 saturated heterocycles. The van der Waals surface area contributed by atoms with Gasteiger partial charge < -0.3 is 23.4 Å². The van der Waals surface area contributed by atoms with Gasteiger partial charge in [0.05, 0.1) is 60.0 Å². The van der Waals surface area contributed by atoms with Gasteiger partial charge in [-0.2, -0.15) is 0 Å². The van der Waals surface area contributed by atoms with E-state index in [9.17, 15) is 9.59 Å². The summed E-state index contributed by atoms with van der Waals surface area (Å²) in [5, 5.41) is 0.643. The Bertz CT molecular complexity index is 2350. The molecule has 1 atom stereocenters. The third-order valence-electron chi connectivity index (χ3n) is 7.71. The fourth-order valence-corrected chi connectivity index (χ4v) is 8.54. The van der Waals surface area contributed by atoms with Crippen LogP contribution < -0.4 is 29.1 Å². The SMILES string of the molecule is CCOC(=O)C1=C(c2ccccc2)N=c2s/c(=C\c3ccc(Sc4nc5ccccc5s4)o3)c(=O)n2[C@@H]1c1cc(OC)c(OC)c(OC)c1. The van der Waals surface area contributed by atoms with Crippen LogP contribution in [0.15, 0.2) is 108 Å². The molecule has 248 valence electrons.